The predicted molar refractivity (Wildman–Crippen MR) is 78.0 cm³/mol. The Kier molecular flexibility index (Phi) is 3.98. The average Bonchev–Trinajstić information content (AvgIpc) is 2.41. The molecule has 1 aliphatic rings. The molecule has 0 saturated heterocycles. The Labute approximate surface area is 120 Å². The molecule has 2 rings (SSSR count). The predicted octanol–water partition coefficient (Wildman–Crippen LogP) is 3.12. The van der Waals surface area contributed by atoms with E-state index in [1.54, 1.807) is 7.11 Å². The second-order valence-corrected chi connectivity index (χ2v) is 6.28. The van der Waals surface area contributed by atoms with E-state index >= 15 is 0 Å². The number of Topliss-reactive ketones (excluding diaryl/α,β-unsaturated/α-hetero) is 2. The molecule has 1 unspecified atom stereocenters. The van der Waals surface area contributed by atoms with Crippen LogP contribution in [0.5, 0.6) is 5.75 Å². The van der Waals surface area contributed by atoms with Gasteiger partial charge in [0.1, 0.15) is 17.3 Å². The van der Waals surface area contributed by atoms with Gasteiger partial charge in [-0.2, -0.15) is 0 Å². The minimum atomic E-state index is -0.494. The van der Waals surface area contributed by atoms with Crippen molar-refractivity contribution in [3.05, 3.63) is 29.3 Å². The highest BCUT2D eigenvalue weighted by molar-refractivity contribution is 6.07. The molecule has 3 heteroatoms. The van der Waals surface area contributed by atoms with Crippen molar-refractivity contribution in [2.45, 2.75) is 40.0 Å². The quantitative estimate of drug-likeness (QED) is 0.795. The minimum absolute atomic E-state index is 0.0771. The number of ether oxygens (including phenoxy) is 1. The number of ketones is 2. The minimum Gasteiger partial charge on any atom is -0.496 e. The largest absolute Gasteiger partial charge is 0.496 e. The summed E-state index contributed by atoms with van der Waals surface area (Å²) in [5, 5.41) is 0. The van der Waals surface area contributed by atoms with Crippen LogP contribution in [0.4, 0.5) is 0 Å². The van der Waals surface area contributed by atoms with E-state index in [0.29, 0.717) is 19.3 Å². The summed E-state index contributed by atoms with van der Waals surface area (Å²) in [7, 11) is 1.63. The third-order valence-corrected chi connectivity index (χ3v) is 4.28. The molecule has 0 aromatic heterocycles. The van der Waals surface area contributed by atoms with Gasteiger partial charge in [0.15, 0.2) is 0 Å². The van der Waals surface area contributed by atoms with Crippen molar-refractivity contribution in [3.8, 4) is 5.75 Å². The average molecular weight is 274 g/mol. The van der Waals surface area contributed by atoms with Crippen LogP contribution in [0.25, 0.3) is 0 Å². The van der Waals surface area contributed by atoms with Crippen LogP contribution in [0.1, 0.15) is 37.8 Å². The summed E-state index contributed by atoms with van der Waals surface area (Å²) in [6.07, 6.45) is 1.66. The van der Waals surface area contributed by atoms with E-state index in [2.05, 4.69) is 0 Å². The highest BCUT2D eigenvalue weighted by Crippen LogP contribution is 2.35. The van der Waals surface area contributed by atoms with Crippen LogP contribution >= 0.6 is 0 Å². The zero-order chi connectivity index (χ0) is 14.9. The Morgan fingerprint density at radius 2 is 2.00 bits per heavy atom. The van der Waals surface area contributed by atoms with Gasteiger partial charge in [-0.15, -0.1) is 0 Å². The molecule has 1 aliphatic carbocycles. The number of methoxy groups -OCH3 is 1. The molecule has 0 aliphatic heterocycles. The number of aryl methyl sites for hydroxylation is 1. The molecule has 0 radical (unpaired) electrons. The second kappa shape index (κ2) is 5.39. The molecular weight excluding hydrogens is 252 g/mol. The van der Waals surface area contributed by atoms with Crippen LogP contribution < -0.4 is 4.74 Å². The van der Waals surface area contributed by atoms with Gasteiger partial charge in [-0.3, -0.25) is 9.59 Å². The van der Waals surface area contributed by atoms with E-state index in [0.717, 1.165) is 16.9 Å². The van der Waals surface area contributed by atoms with E-state index < -0.39 is 5.92 Å². The second-order valence-electron chi connectivity index (χ2n) is 6.28. The van der Waals surface area contributed by atoms with Gasteiger partial charge in [-0.25, -0.2) is 0 Å². The van der Waals surface area contributed by atoms with Crippen LogP contribution in [-0.4, -0.2) is 18.7 Å². The number of rotatable bonds is 3. The van der Waals surface area contributed by atoms with Gasteiger partial charge in [-0.1, -0.05) is 26.0 Å². The lowest BCUT2D eigenvalue weighted by Gasteiger charge is -2.32. The van der Waals surface area contributed by atoms with Crippen molar-refractivity contribution in [1.29, 1.82) is 0 Å². The Morgan fingerprint density at radius 1 is 1.30 bits per heavy atom. The van der Waals surface area contributed by atoms with Crippen molar-refractivity contribution in [2.24, 2.45) is 11.3 Å². The van der Waals surface area contributed by atoms with E-state index in [9.17, 15) is 9.59 Å². The topological polar surface area (TPSA) is 43.4 Å². The first-order valence-corrected chi connectivity index (χ1v) is 7.05. The fourth-order valence-corrected chi connectivity index (χ4v) is 2.78. The van der Waals surface area contributed by atoms with E-state index in [1.165, 1.54) is 0 Å². The zero-order valence-electron chi connectivity index (χ0n) is 12.7. The van der Waals surface area contributed by atoms with Crippen molar-refractivity contribution in [2.75, 3.05) is 7.11 Å². The SMILES string of the molecule is COc1cc(CC2C(=O)CCC(C)(C)C2=O)ccc1C. The summed E-state index contributed by atoms with van der Waals surface area (Å²) >= 11 is 0. The zero-order valence-corrected chi connectivity index (χ0v) is 12.7. The highest BCUT2D eigenvalue weighted by atomic mass is 16.5. The Morgan fingerprint density at radius 3 is 2.65 bits per heavy atom. The van der Waals surface area contributed by atoms with Gasteiger partial charge in [0.05, 0.1) is 13.0 Å². The van der Waals surface area contributed by atoms with Gasteiger partial charge in [0, 0.05) is 11.8 Å². The van der Waals surface area contributed by atoms with Crippen molar-refractivity contribution < 1.29 is 14.3 Å². The van der Waals surface area contributed by atoms with Gasteiger partial charge >= 0.3 is 0 Å². The molecule has 20 heavy (non-hydrogen) atoms. The molecule has 0 N–H and O–H groups in total. The van der Waals surface area contributed by atoms with Gasteiger partial charge < -0.3 is 4.74 Å². The Hall–Kier alpha value is -1.64. The van der Waals surface area contributed by atoms with Gasteiger partial charge in [-0.05, 0) is 37.0 Å². The van der Waals surface area contributed by atoms with Gasteiger partial charge in [0.2, 0.25) is 0 Å². The monoisotopic (exact) mass is 274 g/mol. The smallest absolute Gasteiger partial charge is 0.149 e. The molecule has 0 amide bonds. The fourth-order valence-electron chi connectivity index (χ4n) is 2.78. The van der Waals surface area contributed by atoms with Crippen LogP contribution in [-0.2, 0) is 16.0 Å². The Balaban J connectivity index is 2.24. The molecule has 1 saturated carbocycles. The lowest BCUT2D eigenvalue weighted by atomic mass is 9.69. The maximum atomic E-state index is 12.4. The van der Waals surface area contributed by atoms with Crippen LogP contribution in [0.15, 0.2) is 18.2 Å². The molecule has 0 heterocycles. The number of carbonyl (C=O) groups excluding carboxylic acids is 2. The fraction of sp³-hybridized carbons (Fsp3) is 0.529. The lowest BCUT2D eigenvalue weighted by Crippen LogP contribution is -2.41. The number of carbonyl (C=O) groups is 2. The number of hydrogen-bond donors (Lipinski definition) is 0. The summed E-state index contributed by atoms with van der Waals surface area (Å²) in [5.74, 6) is 0.464. The molecular formula is C17H22O3. The molecule has 0 bridgehead atoms. The standard InChI is InChI=1S/C17H22O3/c1-11-5-6-12(10-15(11)20-4)9-13-14(18)7-8-17(2,3)16(13)19/h5-6,10,13H,7-9H2,1-4H3. The normalized spacial score (nSPS) is 21.9. The molecule has 0 spiro atoms. The number of hydrogen-bond acceptors (Lipinski definition) is 3. The third-order valence-electron chi connectivity index (χ3n) is 4.28. The summed E-state index contributed by atoms with van der Waals surface area (Å²) in [6.45, 7) is 5.84. The van der Waals surface area contributed by atoms with Crippen molar-refractivity contribution >= 4 is 11.6 Å². The van der Waals surface area contributed by atoms with Crippen LogP contribution in [0.3, 0.4) is 0 Å². The van der Waals surface area contributed by atoms with E-state index in [-0.39, 0.29) is 17.0 Å². The third kappa shape index (κ3) is 2.77. The van der Waals surface area contributed by atoms with Crippen LogP contribution in [0.2, 0.25) is 0 Å². The molecule has 108 valence electrons. The molecule has 3 nitrogen and oxygen atoms in total. The maximum Gasteiger partial charge on any atom is 0.149 e. The maximum absolute atomic E-state index is 12.4. The summed E-state index contributed by atoms with van der Waals surface area (Å²) in [4.78, 5) is 24.5. The lowest BCUT2D eigenvalue weighted by molar-refractivity contribution is -0.142. The molecule has 1 fully saturated rings. The first-order valence-electron chi connectivity index (χ1n) is 7.05. The molecule has 1 atom stereocenters. The summed E-state index contributed by atoms with van der Waals surface area (Å²) in [5.41, 5.74) is 1.66. The highest BCUT2D eigenvalue weighted by Gasteiger charge is 2.41. The summed E-state index contributed by atoms with van der Waals surface area (Å²) < 4.78 is 5.30. The number of benzene rings is 1. The van der Waals surface area contributed by atoms with Crippen molar-refractivity contribution in [1.82, 2.24) is 0 Å². The molecule has 1 aromatic carbocycles. The van der Waals surface area contributed by atoms with Gasteiger partial charge in [0.25, 0.3) is 0 Å². The van der Waals surface area contributed by atoms with Crippen LogP contribution in [0, 0.1) is 18.3 Å². The van der Waals surface area contributed by atoms with E-state index in [4.69, 9.17) is 4.74 Å². The van der Waals surface area contributed by atoms with Crippen molar-refractivity contribution in [3.63, 3.8) is 0 Å². The Bertz CT molecular complexity index is 543. The molecule has 1 aromatic rings. The first-order chi connectivity index (χ1) is 9.35. The van der Waals surface area contributed by atoms with E-state index in [1.807, 2.05) is 39.0 Å². The first kappa shape index (κ1) is 14.8. The summed E-state index contributed by atoms with van der Waals surface area (Å²) in [6, 6.07) is 5.87.